The minimum Gasteiger partial charge on any atom is -0.454 e. The fourth-order valence-corrected chi connectivity index (χ4v) is 4.34. The molecule has 0 atom stereocenters. The van der Waals surface area contributed by atoms with Gasteiger partial charge in [0, 0.05) is 29.8 Å². The molecule has 0 radical (unpaired) electrons. The minimum atomic E-state index is -0.193. The molecule has 2 aromatic heterocycles. The van der Waals surface area contributed by atoms with Crippen molar-refractivity contribution in [3.63, 3.8) is 0 Å². The van der Waals surface area contributed by atoms with Gasteiger partial charge in [-0.25, -0.2) is 0 Å². The molecule has 0 bridgehead atoms. The molecule has 0 unspecified atom stereocenters. The quantitative estimate of drug-likeness (QED) is 0.448. The van der Waals surface area contributed by atoms with Crippen molar-refractivity contribution in [1.29, 1.82) is 0 Å². The molecule has 0 saturated heterocycles. The van der Waals surface area contributed by atoms with E-state index in [0.29, 0.717) is 28.0 Å². The van der Waals surface area contributed by atoms with Crippen LogP contribution in [0.15, 0.2) is 47.6 Å². The van der Waals surface area contributed by atoms with E-state index in [2.05, 4.69) is 20.8 Å². The fourth-order valence-electron chi connectivity index (χ4n) is 3.60. The minimum absolute atomic E-state index is 0.144. The first-order chi connectivity index (χ1) is 15.5. The summed E-state index contributed by atoms with van der Waals surface area (Å²) >= 11 is 1.29. The highest BCUT2D eigenvalue weighted by Crippen LogP contribution is 2.37. The summed E-state index contributed by atoms with van der Waals surface area (Å²) in [4.78, 5) is 23.8. The maximum Gasteiger partial charge on any atom is 0.234 e. The standard InChI is InChI=1S/C22H19N5O4S/c1-12-6-14-7-18-19(31-11-30-18)9-17(14)27-21(12)25-26-22(27)32-10-20(29)24-16-5-3-4-15(8-16)23-13(2)28/h3-9H,10-11H2,1-2H3,(H,23,28)(H,24,29). The normalized spacial score (nSPS) is 12.3. The number of aryl methyl sites for hydroxylation is 1. The zero-order chi connectivity index (χ0) is 22.2. The van der Waals surface area contributed by atoms with E-state index in [1.807, 2.05) is 29.5 Å². The number of hydrogen-bond acceptors (Lipinski definition) is 7. The molecular weight excluding hydrogens is 430 g/mol. The number of anilines is 2. The van der Waals surface area contributed by atoms with E-state index in [-0.39, 0.29) is 24.4 Å². The van der Waals surface area contributed by atoms with Crippen LogP contribution in [0.1, 0.15) is 12.5 Å². The van der Waals surface area contributed by atoms with Crippen molar-refractivity contribution in [1.82, 2.24) is 14.6 Å². The number of thioether (sulfide) groups is 1. The van der Waals surface area contributed by atoms with Crippen LogP contribution in [-0.4, -0.2) is 39.0 Å². The topological polar surface area (TPSA) is 107 Å². The maximum atomic E-state index is 12.5. The van der Waals surface area contributed by atoms with Gasteiger partial charge >= 0.3 is 0 Å². The number of pyridine rings is 1. The van der Waals surface area contributed by atoms with Crippen LogP contribution in [0.3, 0.4) is 0 Å². The van der Waals surface area contributed by atoms with E-state index in [0.717, 1.165) is 22.1 Å². The van der Waals surface area contributed by atoms with Gasteiger partial charge in [-0.1, -0.05) is 17.8 Å². The van der Waals surface area contributed by atoms with Crippen molar-refractivity contribution in [2.24, 2.45) is 0 Å². The van der Waals surface area contributed by atoms with Crippen molar-refractivity contribution in [2.45, 2.75) is 19.0 Å². The van der Waals surface area contributed by atoms with Crippen LogP contribution in [0.2, 0.25) is 0 Å². The first-order valence-corrected chi connectivity index (χ1v) is 10.8. The highest BCUT2D eigenvalue weighted by Gasteiger charge is 2.19. The summed E-state index contributed by atoms with van der Waals surface area (Å²) in [6.45, 7) is 3.60. The molecular formula is C22H19N5O4S. The average molecular weight is 449 g/mol. The molecule has 1 aliphatic rings. The number of benzene rings is 2. The Bertz CT molecular complexity index is 1380. The molecule has 5 rings (SSSR count). The number of aromatic nitrogens is 3. The molecule has 2 aromatic carbocycles. The highest BCUT2D eigenvalue weighted by atomic mass is 32.2. The van der Waals surface area contributed by atoms with E-state index in [9.17, 15) is 9.59 Å². The van der Waals surface area contributed by atoms with Gasteiger partial charge in [0.15, 0.2) is 22.3 Å². The van der Waals surface area contributed by atoms with Gasteiger partial charge in [0.05, 0.1) is 11.3 Å². The van der Waals surface area contributed by atoms with Crippen LogP contribution in [0, 0.1) is 6.92 Å². The lowest BCUT2D eigenvalue weighted by Gasteiger charge is -2.09. The molecule has 9 nitrogen and oxygen atoms in total. The highest BCUT2D eigenvalue weighted by molar-refractivity contribution is 7.99. The number of ether oxygens (including phenoxy) is 2. The molecule has 2 amide bonds. The first kappa shape index (κ1) is 20.1. The largest absolute Gasteiger partial charge is 0.454 e. The molecule has 32 heavy (non-hydrogen) atoms. The summed E-state index contributed by atoms with van der Waals surface area (Å²) in [7, 11) is 0. The maximum absolute atomic E-state index is 12.5. The van der Waals surface area contributed by atoms with Gasteiger partial charge < -0.3 is 20.1 Å². The average Bonchev–Trinajstić information content (AvgIpc) is 3.38. The van der Waals surface area contributed by atoms with Crippen LogP contribution in [0.4, 0.5) is 11.4 Å². The Kier molecular flexibility index (Phi) is 5.06. The Labute approximate surface area is 187 Å². The lowest BCUT2D eigenvalue weighted by Crippen LogP contribution is -2.14. The molecule has 0 fully saturated rings. The Balaban J connectivity index is 1.38. The second-order valence-electron chi connectivity index (χ2n) is 7.33. The van der Waals surface area contributed by atoms with Crippen molar-refractivity contribution < 1.29 is 19.1 Å². The summed E-state index contributed by atoms with van der Waals surface area (Å²) in [6.07, 6.45) is 0. The smallest absolute Gasteiger partial charge is 0.234 e. The number of nitrogens with zero attached hydrogens (tertiary/aromatic N) is 3. The summed E-state index contributed by atoms with van der Waals surface area (Å²) in [6, 6.07) is 12.9. The van der Waals surface area contributed by atoms with Gasteiger partial charge in [-0.3, -0.25) is 14.0 Å². The predicted octanol–water partition coefficient (Wildman–Crippen LogP) is 3.61. The zero-order valence-corrected chi connectivity index (χ0v) is 18.2. The Hall–Kier alpha value is -3.79. The molecule has 0 aliphatic carbocycles. The molecule has 1 aliphatic heterocycles. The zero-order valence-electron chi connectivity index (χ0n) is 17.3. The van der Waals surface area contributed by atoms with Crippen LogP contribution in [-0.2, 0) is 9.59 Å². The molecule has 10 heteroatoms. The summed E-state index contributed by atoms with van der Waals surface area (Å²) in [5.41, 5.74) is 3.79. The number of carbonyl (C=O) groups excluding carboxylic acids is 2. The van der Waals surface area contributed by atoms with E-state index in [1.54, 1.807) is 24.3 Å². The van der Waals surface area contributed by atoms with E-state index in [4.69, 9.17) is 9.47 Å². The van der Waals surface area contributed by atoms with Crippen molar-refractivity contribution >= 4 is 51.5 Å². The Morgan fingerprint density at radius 3 is 2.59 bits per heavy atom. The number of rotatable bonds is 5. The number of fused-ring (bicyclic) bond motifs is 4. The van der Waals surface area contributed by atoms with Gasteiger partial charge in [-0.15, -0.1) is 10.2 Å². The molecule has 2 N–H and O–H groups in total. The van der Waals surface area contributed by atoms with Gasteiger partial charge in [0.1, 0.15) is 0 Å². The summed E-state index contributed by atoms with van der Waals surface area (Å²) in [5.74, 6) is 1.16. The molecule has 162 valence electrons. The third-order valence-electron chi connectivity index (χ3n) is 4.92. The molecule has 0 saturated carbocycles. The van der Waals surface area contributed by atoms with Gasteiger partial charge in [0.25, 0.3) is 0 Å². The SMILES string of the molecule is CC(=O)Nc1cccc(NC(=O)CSc2nnc3c(C)cc4cc5c(cc4n23)OCO5)c1. The van der Waals surface area contributed by atoms with Gasteiger partial charge in [-0.05, 0) is 42.8 Å². The fraction of sp³-hybridized carbons (Fsp3) is 0.182. The monoisotopic (exact) mass is 449 g/mol. The third-order valence-corrected chi connectivity index (χ3v) is 5.85. The number of carbonyl (C=O) groups is 2. The second kappa shape index (κ2) is 8.04. The van der Waals surface area contributed by atoms with E-state index < -0.39 is 0 Å². The van der Waals surface area contributed by atoms with Gasteiger partial charge in [-0.2, -0.15) is 0 Å². The van der Waals surface area contributed by atoms with Gasteiger partial charge in [0.2, 0.25) is 18.6 Å². The first-order valence-electron chi connectivity index (χ1n) is 9.86. The van der Waals surface area contributed by atoms with Crippen LogP contribution in [0.5, 0.6) is 11.5 Å². The molecule has 3 heterocycles. The van der Waals surface area contributed by atoms with Crippen molar-refractivity contribution in [3.8, 4) is 11.5 Å². The van der Waals surface area contributed by atoms with Crippen LogP contribution in [0.25, 0.3) is 16.6 Å². The number of hydrogen-bond donors (Lipinski definition) is 2. The second-order valence-corrected chi connectivity index (χ2v) is 8.27. The van der Waals surface area contributed by atoms with Crippen molar-refractivity contribution in [3.05, 3.63) is 48.0 Å². The number of nitrogens with one attached hydrogen (secondary N) is 2. The number of amides is 2. The van der Waals surface area contributed by atoms with Crippen molar-refractivity contribution in [2.75, 3.05) is 23.2 Å². The summed E-state index contributed by atoms with van der Waals surface area (Å²) < 4.78 is 13.0. The van der Waals surface area contributed by atoms with Crippen LogP contribution >= 0.6 is 11.8 Å². The van der Waals surface area contributed by atoms with E-state index in [1.165, 1.54) is 18.7 Å². The van der Waals surface area contributed by atoms with E-state index >= 15 is 0 Å². The Morgan fingerprint density at radius 1 is 1.06 bits per heavy atom. The Morgan fingerprint density at radius 2 is 1.81 bits per heavy atom. The summed E-state index contributed by atoms with van der Waals surface area (Å²) in [5, 5.41) is 15.7. The lowest BCUT2D eigenvalue weighted by atomic mass is 10.1. The lowest BCUT2D eigenvalue weighted by molar-refractivity contribution is -0.114. The third kappa shape index (κ3) is 3.80. The molecule has 0 spiro atoms. The molecule has 4 aromatic rings. The predicted molar refractivity (Wildman–Crippen MR) is 121 cm³/mol. The van der Waals surface area contributed by atoms with Crippen LogP contribution < -0.4 is 20.1 Å².